The molecule has 0 aliphatic carbocycles. The number of rotatable bonds is 34. The van der Waals surface area contributed by atoms with Gasteiger partial charge in [0.25, 0.3) is 0 Å². The van der Waals surface area contributed by atoms with E-state index < -0.39 is 8.80 Å². The van der Waals surface area contributed by atoms with Gasteiger partial charge in [0.1, 0.15) is 0 Å². The van der Waals surface area contributed by atoms with Gasteiger partial charge >= 0.3 is 8.80 Å². The molecule has 0 rings (SSSR count). The number of hydrogen-bond acceptors (Lipinski definition) is 4. The predicted molar refractivity (Wildman–Crippen MR) is 207 cm³/mol. The van der Waals surface area contributed by atoms with Gasteiger partial charge in [-0.25, -0.2) is 0 Å². The summed E-state index contributed by atoms with van der Waals surface area (Å²) in [5, 5.41) is 0. The van der Waals surface area contributed by atoms with Gasteiger partial charge in [-0.15, -0.1) is 0 Å². The van der Waals surface area contributed by atoms with E-state index >= 15 is 0 Å². The highest BCUT2D eigenvalue weighted by molar-refractivity contribution is 6.60. The van der Waals surface area contributed by atoms with Crippen LogP contribution in [0.15, 0.2) is 36.5 Å². The molecule has 3 atom stereocenters. The van der Waals surface area contributed by atoms with E-state index in [-0.39, 0.29) is 18.3 Å². The topological polar surface area (TPSA) is 30.9 Å². The van der Waals surface area contributed by atoms with Crippen LogP contribution in [0.1, 0.15) is 183 Å². The van der Waals surface area contributed by atoms with Crippen LogP contribution in [-0.4, -0.2) is 52.7 Å². The van der Waals surface area contributed by atoms with Crippen LogP contribution < -0.4 is 0 Å². The summed E-state index contributed by atoms with van der Waals surface area (Å²) >= 11 is 0. The van der Waals surface area contributed by atoms with E-state index in [1.54, 1.807) is 0 Å². The zero-order valence-electron chi connectivity index (χ0n) is 32.3. The number of hydrogen-bond donors (Lipinski definition) is 0. The highest BCUT2D eigenvalue weighted by Gasteiger charge is 2.45. The van der Waals surface area contributed by atoms with Crippen molar-refractivity contribution in [1.29, 1.82) is 0 Å². The lowest BCUT2D eigenvalue weighted by Crippen LogP contribution is -2.51. The zero-order chi connectivity index (χ0) is 34.1. The second-order valence-corrected chi connectivity index (χ2v) is 16.6. The Morgan fingerprint density at radius 2 is 0.804 bits per heavy atom. The van der Waals surface area contributed by atoms with Crippen molar-refractivity contribution < 1.29 is 13.3 Å². The third-order valence-corrected chi connectivity index (χ3v) is 11.9. The molecule has 0 saturated carbocycles. The van der Waals surface area contributed by atoms with Gasteiger partial charge < -0.3 is 18.2 Å². The summed E-state index contributed by atoms with van der Waals surface area (Å²) in [6.45, 7) is 14.7. The first kappa shape index (κ1) is 45.3. The van der Waals surface area contributed by atoms with Crippen molar-refractivity contribution in [3.63, 3.8) is 0 Å². The van der Waals surface area contributed by atoms with Gasteiger partial charge in [0.05, 0.1) is 0 Å². The maximum atomic E-state index is 7.03. The van der Waals surface area contributed by atoms with E-state index in [2.05, 4.69) is 97.0 Å². The fraction of sp³-hybridized carbons (Fsp3) is 0.854. The first-order chi connectivity index (χ1) is 22.3. The third-order valence-electron chi connectivity index (χ3n) is 8.62. The summed E-state index contributed by atoms with van der Waals surface area (Å²) in [6, 6.07) is 0.917. The molecule has 0 amide bonds. The smallest absolute Gasteiger partial charge is 0.371 e. The van der Waals surface area contributed by atoms with Gasteiger partial charge in [-0.1, -0.05) is 109 Å². The molecule has 0 spiro atoms. The van der Waals surface area contributed by atoms with Crippen molar-refractivity contribution in [3.8, 4) is 0 Å². The molecule has 0 aromatic rings. The van der Waals surface area contributed by atoms with Crippen LogP contribution in [-0.2, 0) is 13.3 Å². The Balaban J connectivity index is 5.54. The second kappa shape index (κ2) is 32.8. The van der Waals surface area contributed by atoms with Crippen molar-refractivity contribution in [1.82, 2.24) is 4.90 Å². The lowest BCUT2D eigenvalue weighted by molar-refractivity contribution is -0.0134. The molecule has 4 nitrogen and oxygen atoms in total. The quantitative estimate of drug-likeness (QED) is 0.0389. The monoisotopic (exact) mass is 664 g/mol. The van der Waals surface area contributed by atoms with Crippen LogP contribution in [0.3, 0.4) is 0 Å². The lowest BCUT2D eigenvalue weighted by atomic mass is 10.1. The Labute approximate surface area is 290 Å². The van der Waals surface area contributed by atoms with E-state index in [1.165, 1.54) is 96.3 Å². The summed E-state index contributed by atoms with van der Waals surface area (Å²) in [5.41, 5.74) is 0. The van der Waals surface area contributed by atoms with Crippen molar-refractivity contribution in [2.45, 2.75) is 207 Å². The van der Waals surface area contributed by atoms with Crippen molar-refractivity contribution >= 4 is 8.80 Å². The molecule has 0 fully saturated rings. The summed E-state index contributed by atoms with van der Waals surface area (Å²) < 4.78 is 21.1. The van der Waals surface area contributed by atoms with E-state index in [0.29, 0.717) is 0 Å². The number of allylic oxidation sites excluding steroid dienone is 6. The molecule has 0 heterocycles. The minimum atomic E-state index is -2.91. The first-order valence-electron chi connectivity index (χ1n) is 19.9. The number of unbranched alkanes of at least 4 members (excludes halogenated alkanes) is 12. The Hall–Kier alpha value is -0.723. The molecule has 3 unspecified atom stereocenters. The molecule has 5 heteroatoms. The molecule has 0 radical (unpaired) electrons. The Morgan fingerprint density at radius 3 is 1.15 bits per heavy atom. The molecule has 0 aliphatic rings. The third kappa shape index (κ3) is 29.4. The first-order valence-corrected chi connectivity index (χ1v) is 21.8. The van der Waals surface area contributed by atoms with Crippen LogP contribution in [0.2, 0.25) is 6.04 Å². The highest BCUT2D eigenvalue weighted by Crippen LogP contribution is 2.28. The fourth-order valence-electron chi connectivity index (χ4n) is 5.72. The average Bonchev–Trinajstić information content (AvgIpc) is 3.01. The summed E-state index contributed by atoms with van der Waals surface area (Å²) in [5.74, 6) is 0. The second-order valence-electron chi connectivity index (χ2n) is 14.1. The van der Waals surface area contributed by atoms with Crippen LogP contribution in [0.5, 0.6) is 0 Å². The Bertz CT molecular complexity index is 644. The zero-order valence-corrected chi connectivity index (χ0v) is 33.3. The van der Waals surface area contributed by atoms with E-state index in [0.717, 1.165) is 57.5 Å². The normalized spacial score (nSPS) is 15.8. The number of nitrogens with zero attached hydrogens (tertiary/aromatic N) is 1. The van der Waals surface area contributed by atoms with Crippen LogP contribution in [0.4, 0.5) is 0 Å². The van der Waals surface area contributed by atoms with Crippen molar-refractivity contribution in [2.24, 2.45) is 0 Å². The maximum Gasteiger partial charge on any atom is 0.501 e. The molecule has 0 N–H and O–H groups in total. The molecule has 0 aliphatic heterocycles. The summed E-state index contributed by atoms with van der Waals surface area (Å²) in [7, 11) is 1.42. The Kier molecular flexibility index (Phi) is 32.3. The summed E-state index contributed by atoms with van der Waals surface area (Å²) in [4.78, 5) is 2.29. The molecule has 0 bridgehead atoms. The Morgan fingerprint density at radius 1 is 0.457 bits per heavy atom. The van der Waals surface area contributed by atoms with Gasteiger partial charge in [0.15, 0.2) is 0 Å². The molecular formula is C41H81NO3Si. The molecule has 0 aromatic carbocycles. The van der Waals surface area contributed by atoms with Gasteiger partial charge in [0, 0.05) is 24.4 Å². The molecule has 0 saturated heterocycles. The maximum absolute atomic E-state index is 7.03. The van der Waals surface area contributed by atoms with Crippen molar-refractivity contribution in [3.05, 3.63) is 36.5 Å². The van der Waals surface area contributed by atoms with E-state index in [4.69, 9.17) is 13.3 Å². The van der Waals surface area contributed by atoms with Crippen LogP contribution in [0, 0.1) is 0 Å². The van der Waals surface area contributed by atoms with Crippen LogP contribution in [0.25, 0.3) is 0 Å². The van der Waals surface area contributed by atoms with Gasteiger partial charge in [-0.3, -0.25) is 0 Å². The summed E-state index contributed by atoms with van der Waals surface area (Å²) in [6.07, 6.45) is 40.8. The standard InChI is InChI=1S/C41H81NO3Si/c1-9-12-15-18-21-24-29-34-39(4)43-46(38-33-28-27-32-37-42(7)8,44-40(5)35-30-25-22-19-16-13-10-2)45-41(6)36-31-26-23-20-17-14-11-3/h21-26,39-41H,9-20,27-38H2,1-8H3/b24-21-,25-22-,26-23-. The molecule has 0 aromatic heterocycles. The SMILES string of the molecule is CCCCC/C=C\CCC(C)O[Si](CCCCCCN(C)C)(OC(C)CC/C=C\CCCCC)OC(C)CC/C=C\CCCCC. The average molecular weight is 664 g/mol. The van der Waals surface area contributed by atoms with E-state index in [1.807, 2.05) is 0 Å². The van der Waals surface area contributed by atoms with Gasteiger partial charge in [0.2, 0.25) is 0 Å². The predicted octanol–water partition coefficient (Wildman–Crippen LogP) is 13.0. The largest absolute Gasteiger partial charge is 0.501 e. The highest BCUT2D eigenvalue weighted by atomic mass is 28.4. The van der Waals surface area contributed by atoms with Gasteiger partial charge in [-0.05, 0) is 131 Å². The van der Waals surface area contributed by atoms with Gasteiger partial charge in [-0.2, -0.15) is 0 Å². The minimum absolute atomic E-state index is 0.122. The molecular weight excluding hydrogens is 583 g/mol. The molecule has 272 valence electrons. The fourth-order valence-corrected chi connectivity index (χ4v) is 9.11. The van der Waals surface area contributed by atoms with E-state index in [9.17, 15) is 0 Å². The van der Waals surface area contributed by atoms with Crippen LogP contribution >= 0.6 is 0 Å². The van der Waals surface area contributed by atoms with Crippen molar-refractivity contribution in [2.75, 3.05) is 20.6 Å². The molecule has 46 heavy (non-hydrogen) atoms. The lowest BCUT2D eigenvalue weighted by Gasteiger charge is -2.37. The minimum Gasteiger partial charge on any atom is -0.371 e.